The number of phenols is 1. The first-order valence-electron chi connectivity index (χ1n) is 2.72. The van der Waals surface area contributed by atoms with Gasteiger partial charge < -0.3 is 10.2 Å². The maximum absolute atomic E-state index is 8.95. The van der Waals surface area contributed by atoms with E-state index in [0.29, 0.717) is 5.56 Å². The molecule has 2 nitrogen and oxygen atoms in total. The standard InChI is InChI=1S/C7H8O2.Na.H/c8-5-6-3-1-2-4-7(6)9;;/h1-4,8-9H,5H2;;. The van der Waals surface area contributed by atoms with E-state index in [1.807, 2.05) is 0 Å². The zero-order chi connectivity index (χ0) is 6.69. The Labute approximate surface area is 81.8 Å². The molecule has 0 aliphatic rings. The molecule has 2 N–H and O–H groups in total. The van der Waals surface area contributed by atoms with Crippen molar-refractivity contribution in [3.63, 3.8) is 0 Å². The summed E-state index contributed by atoms with van der Waals surface area (Å²) in [6.07, 6.45) is 0. The Balaban J connectivity index is 0.000000810. The number of aliphatic hydroxyl groups excluding tert-OH is 1. The molecule has 0 aliphatic carbocycles. The Morgan fingerprint density at radius 2 is 1.80 bits per heavy atom. The molecule has 0 spiro atoms. The minimum absolute atomic E-state index is 0. The van der Waals surface area contributed by atoms with E-state index in [0.717, 1.165) is 0 Å². The molecule has 0 saturated carbocycles. The van der Waals surface area contributed by atoms with E-state index in [1.165, 1.54) is 0 Å². The number of hydrogen-bond donors (Lipinski definition) is 2. The van der Waals surface area contributed by atoms with Gasteiger partial charge in [-0.15, -0.1) is 0 Å². The van der Waals surface area contributed by atoms with Crippen molar-refractivity contribution in [3.05, 3.63) is 29.8 Å². The fourth-order valence-corrected chi connectivity index (χ4v) is 0.645. The van der Waals surface area contributed by atoms with Crippen molar-refractivity contribution >= 4 is 29.6 Å². The van der Waals surface area contributed by atoms with Crippen molar-refractivity contribution in [2.45, 2.75) is 6.61 Å². The molecular formula is C7H9NaO2. The van der Waals surface area contributed by atoms with Crippen molar-refractivity contribution in [3.8, 4) is 5.75 Å². The van der Waals surface area contributed by atoms with E-state index >= 15 is 0 Å². The van der Waals surface area contributed by atoms with Crippen LogP contribution in [0.15, 0.2) is 24.3 Å². The Kier molecular flexibility index (Phi) is 4.73. The first kappa shape index (κ1) is 9.98. The Hall–Kier alpha value is -0.0200. The number of hydrogen-bond acceptors (Lipinski definition) is 2. The van der Waals surface area contributed by atoms with Gasteiger partial charge in [-0.3, -0.25) is 0 Å². The van der Waals surface area contributed by atoms with Crippen molar-refractivity contribution in [1.29, 1.82) is 0 Å². The molecule has 1 aromatic carbocycles. The fourth-order valence-electron chi connectivity index (χ4n) is 0.645. The summed E-state index contributed by atoms with van der Waals surface area (Å²) in [4.78, 5) is 0. The zero-order valence-electron chi connectivity index (χ0n) is 4.91. The molecule has 0 unspecified atom stereocenters. The maximum atomic E-state index is 8.95. The third-order valence-corrected chi connectivity index (χ3v) is 1.16. The quantitative estimate of drug-likeness (QED) is 0.560. The van der Waals surface area contributed by atoms with Crippen LogP contribution in [0.1, 0.15) is 5.56 Å². The van der Waals surface area contributed by atoms with Crippen LogP contribution in [0, 0.1) is 0 Å². The van der Waals surface area contributed by atoms with E-state index in [1.54, 1.807) is 24.3 Å². The number of para-hydroxylation sites is 1. The molecule has 50 valence electrons. The monoisotopic (exact) mass is 148 g/mol. The van der Waals surface area contributed by atoms with Gasteiger partial charge in [-0.25, -0.2) is 0 Å². The normalized spacial score (nSPS) is 8.50. The topological polar surface area (TPSA) is 40.5 Å². The van der Waals surface area contributed by atoms with Crippen LogP contribution >= 0.6 is 0 Å². The first-order valence-corrected chi connectivity index (χ1v) is 2.72. The molecular weight excluding hydrogens is 139 g/mol. The molecule has 0 fully saturated rings. The predicted octanol–water partition coefficient (Wildman–Crippen LogP) is 0.236. The molecule has 0 atom stereocenters. The van der Waals surface area contributed by atoms with Crippen LogP contribution in [0.25, 0.3) is 0 Å². The second kappa shape index (κ2) is 4.74. The molecule has 1 aromatic rings. The van der Waals surface area contributed by atoms with Crippen molar-refractivity contribution in [2.24, 2.45) is 0 Å². The third kappa shape index (κ3) is 2.31. The average Bonchev–Trinajstić information content (AvgIpc) is 1.89. The summed E-state index contributed by atoms with van der Waals surface area (Å²) in [6, 6.07) is 6.71. The molecule has 0 aliphatic heterocycles. The van der Waals surface area contributed by atoms with Crippen LogP contribution < -0.4 is 0 Å². The molecule has 0 bridgehead atoms. The van der Waals surface area contributed by atoms with Gasteiger partial charge in [-0.2, -0.15) is 0 Å². The zero-order valence-corrected chi connectivity index (χ0v) is 4.91. The number of aliphatic hydroxyl groups is 1. The molecule has 0 radical (unpaired) electrons. The van der Waals surface area contributed by atoms with Crippen LogP contribution in [0.2, 0.25) is 0 Å². The fraction of sp³-hybridized carbons (Fsp3) is 0.143. The SMILES string of the molecule is OCc1ccccc1O.[NaH]. The Bertz CT molecular complexity index is 201. The van der Waals surface area contributed by atoms with Gasteiger partial charge in [-0.05, 0) is 6.07 Å². The Morgan fingerprint density at radius 3 is 2.20 bits per heavy atom. The summed E-state index contributed by atoms with van der Waals surface area (Å²) >= 11 is 0. The molecule has 0 aromatic heterocycles. The van der Waals surface area contributed by atoms with E-state index in [9.17, 15) is 0 Å². The van der Waals surface area contributed by atoms with E-state index in [4.69, 9.17) is 10.2 Å². The Morgan fingerprint density at radius 1 is 1.20 bits per heavy atom. The minimum atomic E-state index is -0.104. The van der Waals surface area contributed by atoms with Crippen molar-refractivity contribution in [2.75, 3.05) is 0 Å². The summed E-state index contributed by atoms with van der Waals surface area (Å²) in [5.41, 5.74) is 0.567. The summed E-state index contributed by atoms with van der Waals surface area (Å²) in [7, 11) is 0. The van der Waals surface area contributed by atoms with Crippen molar-refractivity contribution in [1.82, 2.24) is 0 Å². The van der Waals surface area contributed by atoms with Gasteiger partial charge in [0.2, 0.25) is 0 Å². The second-order valence-electron chi connectivity index (χ2n) is 1.79. The number of aromatic hydroxyl groups is 1. The third-order valence-electron chi connectivity index (χ3n) is 1.16. The van der Waals surface area contributed by atoms with Gasteiger partial charge in [0.1, 0.15) is 5.75 Å². The van der Waals surface area contributed by atoms with E-state index < -0.39 is 0 Å². The predicted molar refractivity (Wildman–Crippen MR) is 41.2 cm³/mol. The molecule has 0 saturated heterocycles. The van der Waals surface area contributed by atoms with Gasteiger partial charge in [0, 0.05) is 5.56 Å². The van der Waals surface area contributed by atoms with Gasteiger partial charge in [0.15, 0.2) is 0 Å². The molecule has 10 heavy (non-hydrogen) atoms. The molecule has 0 heterocycles. The van der Waals surface area contributed by atoms with E-state index in [2.05, 4.69) is 0 Å². The van der Waals surface area contributed by atoms with Crippen LogP contribution in [-0.2, 0) is 6.61 Å². The number of rotatable bonds is 1. The van der Waals surface area contributed by atoms with Crippen molar-refractivity contribution < 1.29 is 10.2 Å². The van der Waals surface area contributed by atoms with Crippen LogP contribution in [-0.4, -0.2) is 39.8 Å². The number of benzene rings is 1. The summed E-state index contributed by atoms with van der Waals surface area (Å²) in [6.45, 7) is -0.104. The van der Waals surface area contributed by atoms with Gasteiger partial charge >= 0.3 is 29.6 Å². The average molecular weight is 148 g/mol. The molecule has 0 amide bonds. The van der Waals surface area contributed by atoms with Gasteiger partial charge in [0.25, 0.3) is 0 Å². The van der Waals surface area contributed by atoms with Gasteiger partial charge in [-0.1, -0.05) is 18.2 Å². The van der Waals surface area contributed by atoms with Gasteiger partial charge in [0.05, 0.1) is 6.61 Å². The molecule has 1 rings (SSSR count). The van der Waals surface area contributed by atoms with E-state index in [-0.39, 0.29) is 41.9 Å². The molecule has 3 heteroatoms. The summed E-state index contributed by atoms with van der Waals surface area (Å²) in [5.74, 6) is 0.153. The summed E-state index contributed by atoms with van der Waals surface area (Å²) < 4.78 is 0. The summed E-state index contributed by atoms with van der Waals surface area (Å²) in [5, 5.41) is 17.5. The second-order valence-corrected chi connectivity index (χ2v) is 1.79. The van der Waals surface area contributed by atoms with Crippen LogP contribution in [0.5, 0.6) is 5.75 Å². The van der Waals surface area contributed by atoms with Crippen LogP contribution in [0.3, 0.4) is 0 Å². The van der Waals surface area contributed by atoms with Crippen LogP contribution in [0.4, 0.5) is 0 Å². The first-order chi connectivity index (χ1) is 4.34.